The second-order valence-electron chi connectivity index (χ2n) is 5.29. The van der Waals surface area contributed by atoms with E-state index in [1.165, 1.54) is 43.5 Å². The molecular formula is C16H16ClN3O6S. The van der Waals surface area contributed by atoms with Crippen LogP contribution in [-0.2, 0) is 14.8 Å². The summed E-state index contributed by atoms with van der Waals surface area (Å²) < 4.78 is 31.6. The molecular weight excluding hydrogens is 398 g/mol. The summed E-state index contributed by atoms with van der Waals surface area (Å²) in [5.41, 5.74) is -0.149. The number of nitro groups is 1. The third-order valence-corrected chi connectivity index (χ3v) is 5.26. The van der Waals surface area contributed by atoms with Crippen LogP contribution in [0.15, 0.2) is 47.4 Å². The number of rotatable bonds is 8. The van der Waals surface area contributed by atoms with Gasteiger partial charge >= 0.3 is 0 Å². The quantitative estimate of drug-likeness (QED) is 0.505. The van der Waals surface area contributed by atoms with Gasteiger partial charge in [0.2, 0.25) is 15.9 Å². The summed E-state index contributed by atoms with van der Waals surface area (Å²) in [5, 5.41) is 13.3. The molecule has 0 heterocycles. The number of hydrogen-bond acceptors (Lipinski definition) is 6. The van der Waals surface area contributed by atoms with E-state index in [4.69, 9.17) is 16.3 Å². The first-order chi connectivity index (χ1) is 12.7. The minimum Gasteiger partial charge on any atom is -0.497 e. The molecule has 0 saturated heterocycles. The van der Waals surface area contributed by atoms with Gasteiger partial charge in [0.05, 0.1) is 27.6 Å². The SMILES string of the molecule is COc1ccc(S(=O)(=O)NCCC(=O)Nc2cc([N+](=O)[O-])ccc2Cl)cc1. The average Bonchev–Trinajstić information content (AvgIpc) is 2.63. The molecule has 0 fully saturated rings. The van der Waals surface area contributed by atoms with Crippen molar-refractivity contribution in [3.8, 4) is 5.75 Å². The Hall–Kier alpha value is -2.69. The highest BCUT2D eigenvalue weighted by Crippen LogP contribution is 2.26. The van der Waals surface area contributed by atoms with Crippen LogP contribution in [0.25, 0.3) is 0 Å². The minimum atomic E-state index is -3.78. The lowest BCUT2D eigenvalue weighted by Crippen LogP contribution is -2.27. The smallest absolute Gasteiger partial charge is 0.271 e. The van der Waals surface area contributed by atoms with E-state index in [-0.39, 0.29) is 34.3 Å². The van der Waals surface area contributed by atoms with E-state index in [2.05, 4.69) is 10.0 Å². The summed E-state index contributed by atoms with van der Waals surface area (Å²) >= 11 is 5.90. The van der Waals surface area contributed by atoms with Crippen molar-refractivity contribution in [1.82, 2.24) is 4.72 Å². The molecule has 0 aliphatic carbocycles. The second-order valence-corrected chi connectivity index (χ2v) is 7.47. The molecule has 9 nitrogen and oxygen atoms in total. The van der Waals surface area contributed by atoms with Gasteiger partial charge in [-0.3, -0.25) is 14.9 Å². The van der Waals surface area contributed by atoms with Gasteiger partial charge in [-0.2, -0.15) is 0 Å². The number of benzene rings is 2. The summed E-state index contributed by atoms with van der Waals surface area (Å²) in [7, 11) is -2.31. The molecule has 2 aromatic rings. The summed E-state index contributed by atoms with van der Waals surface area (Å²) in [6.07, 6.45) is -0.186. The van der Waals surface area contributed by atoms with E-state index in [1.54, 1.807) is 0 Å². The molecule has 2 N–H and O–H groups in total. The van der Waals surface area contributed by atoms with Crippen LogP contribution in [0, 0.1) is 10.1 Å². The number of halogens is 1. The first kappa shape index (κ1) is 20.6. The highest BCUT2D eigenvalue weighted by molar-refractivity contribution is 7.89. The van der Waals surface area contributed by atoms with E-state index in [0.717, 1.165) is 6.07 Å². The van der Waals surface area contributed by atoms with Crippen LogP contribution in [0.5, 0.6) is 5.75 Å². The van der Waals surface area contributed by atoms with E-state index in [1.807, 2.05) is 0 Å². The Morgan fingerprint density at radius 3 is 2.48 bits per heavy atom. The van der Waals surface area contributed by atoms with Crippen LogP contribution in [-0.4, -0.2) is 32.9 Å². The van der Waals surface area contributed by atoms with Gasteiger partial charge in [-0.15, -0.1) is 0 Å². The Morgan fingerprint density at radius 1 is 1.22 bits per heavy atom. The van der Waals surface area contributed by atoms with Crippen LogP contribution in [0.1, 0.15) is 6.42 Å². The maximum absolute atomic E-state index is 12.2. The molecule has 0 radical (unpaired) electrons. The molecule has 11 heteroatoms. The van der Waals surface area contributed by atoms with E-state index in [0.29, 0.717) is 5.75 Å². The second kappa shape index (κ2) is 8.80. The number of hydrogen-bond donors (Lipinski definition) is 2. The number of nitro benzene ring substituents is 1. The zero-order chi connectivity index (χ0) is 20.0. The maximum atomic E-state index is 12.2. The highest BCUT2D eigenvalue weighted by Gasteiger charge is 2.15. The number of ether oxygens (including phenoxy) is 1. The summed E-state index contributed by atoms with van der Waals surface area (Å²) in [5.74, 6) is -0.0306. The number of sulfonamides is 1. The van der Waals surface area contributed by atoms with Crippen molar-refractivity contribution in [2.24, 2.45) is 0 Å². The predicted octanol–water partition coefficient (Wildman–Crippen LogP) is 2.56. The Bertz CT molecular complexity index is 947. The lowest BCUT2D eigenvalue weighted by molar-refractivity contribution is -0.384. The molecule has 27 heavy (non-hydrogen) atoms. The van der Waals surface area contributed by atoms with Gasteiger partial charge in [0.25, 0.3) is 5.69 Å². The molecule has 0 aromatic heterocycles. The number of anilines is 1. The number of nitrogens with one attached hydrogen (secondary N) is 2. The number of carbonyl (C=O) groups is 1. The number of nitrogens with zero attached hydrogens (tertiary/aromatic N) is 1. The van der Waals surface area contributed by atoms with Gasteiger partial charge < -0.3 is 10.1 Å². The Morgan fingerprint density at radius 2 is 1.89 bits per heavy atom. The summed E-state index contributed by atoms with van der Waals surface area (Å²) in [6.45, 7) is -0.160. The molecule has 0 aliphatic rings. The van der Waals surface area contributed by atoms with Gasteiger partial charge in [-0.25, -0.2) is 13.1 Å². The van der Waals surface area contributed by atoms with Gasteiger partial charge in [0, 0.05) is 25.1 Å². The zero-order valence-electron chi connectivity index (χ0n) is 14.1. The monoisotopic (exact) mass is 413 g/mol. The third-order valence-electron chi connectivity index (χ3n) is 3.45. The number of non-ortho nitro benzene ring substituents is 1. The van der Waals surface area contributed by atoms with Gasteiger partial charge in [0.15, 0.2) is 0 Å². The van der Waals surface area contributed by atoms with Crippen molar-refractivity contribution in [2.75, 3.05) is 19.0 Å². The first-order valence-electron chi connectivity index (χ1n) is 7.60. The normalized spacial score (nSPS) is 11.0. The molecule has 2 aromatic carbocycles. The third kappa shape index (κ3) is 5.64. The summed E-state index contributed by atoms with van der Waals surface area (Å²) in [6, 6.07) is 9.40. The molecule has 0 aliphatic heterocycles. The Kier molecular flexibility index (Phi) is 6.72. The molecule has 144 valence electrons. The molecule has 0 spiro atoms. The number of amides is 1. The Labute approximate surface area is 160 Å². The van der Waals surface area contributed by atoms with Gasteiger partial charge in [-0.1, -0.05) is 11.6 Å². The van der Waals surface area contributed by atoms with E-state index < -0.39 is 20.9 Å². The molecule has 0 atom stereocenters. The lowest BCUT2D eigenvalue weighted by atomic mass is 10.2. The standard InChI is InChI=1S/C16H16ClN3O6S/c1-26-12-3-5-13(6-4-12)27(24,25)18-9-8-16(21)19-15-10-11(20(22)23)2-7-14(15)17/h2-7,10,18H,8-9H2,1H3,(H,19,21). The summed E-state index contributed by atoms with van der Waals surface area (Å²) in [4.78, 5) is 22.2. The molecule has 2 rings (SSSR count). The van der Waals surface area contributed by atoms with E-state index in [9.17, 15) is 23.3 Å². The van der Waals surface area contributed by atoms with Crippen molar-refractivity contribution < 1.29 is 22.9 Å². The van der Waals surface area contributed by atoms with Crippen LogP contribution in [0.3, 0.4) is 0 Å². The largest absolute Gasteiger partial charge is 0.497 e. The molecule has 0 bridgehead atoms. The van der Waals surface area contributed by atoms with Crippen LogP contribution in [0.2, 0.25) is 5.02 Å². The number of carbonyl (C=O) groups excluding carboxylic acids is 1. The number of methoxy groups -OCH3 is 1. The molecule has 0 unspecified atom stereocenters. The van der Waals surface area contributed by atoms with Crippen LogP contribution >= 0.6 is 11.6 Å². The lowest BCUT2D eigenvalue weighted by Gasteiger charge is -2.09. The van der Waals surface area contributed by atoms with Gasteiger partial charge in [-0.05, 0) is 30.3 Å². The van der Waals surface area contributed by atoms with E-state index >= 15 is 0 Å². The van der Waals surface area contributed by atoms with Gasteiger partial charge in [0.1, 0.15) is 5.75 Å². The van der Waals surface area contributed by atoms with Crippen LogP contribution in [0.4, 0.5) is 11.4 Å². The van der Waals surface area contributed by atoms with Crippen molar-refractivity contribution in [2.45, 2.75) is 11.3 Å². The predicted molar refractivity (Wildman–Crippen MR) is 99.5 cm³/mol. The topological polar surface area (TPSA) is 128 Å². The van der Waals surface area contributed by atoms with Crippen molar-refractivity contribution in [1.29, 1.82) is 0 Å². The fourth-order valence-electron chi connectivity index (χ4n) is 2.07. The van der Waals surface area contributed by atoms with Crippen LogP contribution < -0.4 is 14.8 Å². The van der Waals surface area contributed by atoms with Crippen molar-refractivity contribution in [3.63, 3.8) is 0 Å². The molecule has 0 saturated carbocycles. The van der Waals surface area contributed by atoms with Crippen molar-refractivity contribution >= 4 is 38.9 Å². The fourth-order valence-corrected chi connectivity index (χ4v) is 3.27. The molecule has 1 amide bonds. The minimum absolute atomic E-state index is 0.0328. The van der Waals surface area contributed by atoms with Crippen molar-refractivity contribution in [3.05, 3.63) is 57.6 Å². The fraction of sp³-hybridized carbons (Fsp3) is 0.188. The maximum Gasteiger partial charge on any atom is 0.271 e. The first-order valence-corrected chi connectivity index (χ1v) is 9.46. The highest BCUT2D eigenvalue weighted by atomic mass is 35.5. The Balaban J connectivity index is 1.93. The average molecular weight is 414 g/mol. The zero-order valence-corrected chi connectivity index (χ0v) is 15.7.